The van der Waals surface area contributed by atoms with Gasteiger partial charge in [0.2, 0.25) is 0 Å². The molecule has 0 aliphatic carbocycles. The number of benzene rings is 1. The highest BCUT2D eigenvalue weighted by Crippen LogP contribution is 2.23. The van der Waals surface area contributed by atoms with Crippen LogP contribution in [0.25, 0.3) is 11.3 Å². The first kappa shape index (κ1) is 12.6. The second kappa shape index (κ2) is 4.42. The van der Waals surface area contributed by atoms with E-state index in [4.69, 9.17) is 5.73 Å². The van der Waals surface area contributed by atoms with Gasteiger partial charge in [-0.05, 0) is 32.0 Å². The summed E-state index contributed by atoms with van der Waals surface area (Å²) >= 11 is 0. The highest BCUT2D eigenvalue weighted by atomic mass is 19.1. The van der Waals surface area contributed by atoms with Crippen molar-refractivity contribution < 1.29 is 8.78 Å². The molecule has 1 heterocycles. The van der Waals surface area contributed by atoms with E-state index >= 15 is 0 Å². The largest absolute Gasteiger partial charge is 0.319 e. The Labute approximate surface area is 104 Å². The SMILES string of the molecule is CC(C)(N)c1nccc(-c2ccc(F)cc2F)n1. The molecule has 94 valence electrons. The van der Waals surface area contributed by atoms with Crippen LogP contribution in [-0.4, -0.2) is 9.97 Å². The fourth-order valence-electron chi connectivity index (χ4n) is 1.52. The Balaban J connectivity index is 2.51. The van der Waals surface area contributed by atoms with Gasteiger partial charge in [0.1, 0.15) is 17.5 Å². The van der Waals surface area contributed by atoms with E-state index in [2.05, 4.69) is 9.97 Å². The minimum absolute atomic E-state index is 0.226. The maximum atomic E-state index is 13.6. The highest BCUT2D eigenvalue weighted by Gasteiger charge is 2.19. The van der Waals surface area contributed by atoms with Crippen molar-refractivity contribution in [3.63, 3.8) is 0 Å². The van der Waals surface area contributed by atoms with E-state index in [0.29, 0.717) is 11.5 Å². The fourth-order valence-corrected chi connectivity index (χ4v) is 1.52. The van der Waals surface area contributed by atoms with Crippen LogP contribution in [0.5, 0.6) is 0 Å². The Morgan fingerprint density at radius 2 is 1.89 bits per heavy atom. The molecule has 1 aromatic carbocycles. The molecule has 2 N–H and O–H groups in total. The van der Waals surface area contributed by atoms with Gasteiger partial charge in [0.25, 0.3) is 0 Å². The van der Waals surface area contributed by atoms with Crippen molar-refractivity contribution in [2.24, 2.45) is 5.73 Å². The standard InChI is InChI=1S/C13H13F2N3/c1-13(2,16)12-17-6-5-11(18-12)9-4-3-8(14)7-10(9)15/h3-7H,16H2,1-2H3. The molecule has 0 unspecified atom stereocenters. The zero-order valence-electron chi connectivity index (χ0n) is 10.1. The summed E-state index contributed by atoms with van der Waals surface area (Å²) in [6.07, 6.45) is 1.51. The minimum atomic E-state index is -0.716. The molecular weight excluding hydrogens is 236 g/mol. The van der Waals surface area contributed by atoms with E-state index in [1.807, 2.05) is 0 Å². The molecule has 1 aromatic heterocycles. The van der Waals surface area contributed by atoms with Crippen molar-refractivity contribution in [2.45, 2.75) is 19.4 Å². The average Bonchev–Trinajstić information content (AvgIpc) is 2.28. The van der Waals surface area contributed by atoms with Crippen LogP contribution in [0.15, 0.2) is 30.5 Å². The van der Waals surface area contributed by atoms with Crippen LogP contribution in [0.4, 0.5) is 8.78 Å². The molecule has 0 saturated carbocycles. The maximum absolute atomic E-state index is 13.6. The summed E-state index contributed by atoms with van der Waals surface area (Å²) in [5.41, 5.74) is 5.78. The Bertz CT molecular complexity index is 577. The predicted octanol–water partition coefficient (Wildman–Crippen LogP) is 2.62. The number of nitrogens with zero attached hydrogens (tertiary/aromatic N) is 2. The average molecular weight is 249 g/mol. The summed E-state index contributed by atoms with van der Waals surface area (Å²) < 4.78 is 26.5. The van der Waals surface area contributed by atoms with Gasteiger partial charge in [-0.25, -0.2) is 18.7 Å². The molecule has 0 fully saturated rings. The summed E-state index contributed by atoms with van der Waals surface area (Å²) in [5, 5.41) is 0. The van der Waals surface area contributed by atoms with Crippen LogP contribution in [0.1, 0.15) is 19.7 Å². The van der Waals surface area contributed by atoms with Gasteiger partial charge in [-0.1, -0.05) is 0 Å². The zero-order chi connectivity index (χ0) is 13.3. The van der Waals surface area contributed by atoms with E-state index in [9.17, 15) is 8.78 Å². The van der Waals surface area contributed by atoms with Crippen molar-refractivity contribution in [2.75, 3.05) is 0 Å². The van der Waals surface area contributed by atoms with Crippen molar-refractivity contribution in [1.82, 2.24) is 9.97 Å². The summed E-state index contributed by atoms with van der Waals surface area (Å²) in [7, 11) is 0. The van der Waals surface area contributed by atoms with Gasteiger partial charge in [0, 0.05) is 17.8 Å². The minimum Gasteiger partial charge on any atom is -0.319 e. The molecule has 0 bridgehead atoms. The molecule has 18 heavy (non-hydrogen) atoms. The normalized spacial score (nSPS) is 11.6. The fraction of sp³-hybridized carbons (Fsp3) is 0.231. The van der Waals surface area contributed by atoms with Gasteiger partial charge >= 0.3 is 0 Å². The van der Waals surface area contributed by atoms with E-state index in [-0.39, 0.29) is 5.56 Å². The van der Waals surface area contributed by atoms with Gasteiger partial charge in [-0.3, -0.25) is 0 Å². The van der Waals surface area contributed by atoms with Gasteiger partial charge in [-0.15, -0.1) is 0 Å². The number of rotatable bonds is 2. The molecule has 0 atom stereocenters. The molecule has 0 radical (unpaired) electrons. The number of aromatic nitrogens is 2. The monoisotopic (exact) mass is 249 g/mol. The summed E-state index contributed by atoms with van der Waals surface area (Å²) in [4.78, 5) is 8.26. The van der Waals surface area contributed by atoms with Crippen LogP contribution in [0.3, 0.4) is 0 Å². The first-order valence-corrected chi connectivity index (χ1v) is 5.46. The smallest absolute Gasteiger partial charge is 0.148 e. The lowest BCUT2D eigenvalue weighted by atomic mass is 10.1. The first-order chi connectivity index (χ1) is 8.38. The lowest BCUT2D eigenvalue weighted by Crippen LogP contribution is -2.31. The van der Waals surface area contributed by atoms with Crippen LogP contribution >= 0.6 is 0 Å². The summed E-state index contributed by atoms with van der Waals surface area (Å²) in [6.45, 7) is 3.51. The molecule has 0 amide bonds. The lowest BCUT2D eigenvalue weighted by molar-refractivity contribution is 0.514. The maximum Gasteiger partial charge on any atom is 0.148 e. The molecule has 0 aliphatic rings. The van der Waals surface area contributed by atoms with Crippen LogP contribution < -0.4 is 5.73 Å². The zero-order valence-corrected chi connectivity index (χ0v) is 10.1. The van der Waals surface area contributed by atoms with Gasteiger partial charge in [-0.2, -0.15) is 0 Å². The Morgan fingerprint density at radius 1 is 1.17 bits per heavy atom. The third-order valence-corrected chi connectivity index (χ3v) is 2.44. The van der Waals surface area contributed by atoms with Crippen molar-refractivity contribution in [3.8, 4) is 11.3 Å². The van der Waals surface area contributed by atoms with Crippen molar-refractivity contribution >= 4 is 0 Å². The number of hydrogen-bond donors (Lipinski definition) is 1. The van der Waals surface area contributed by atoms with Gasteiger partial charge in [0.05, 0.1) is 11.2 Å². The topological polar surface area (TPSA) is 51.8 Å². The molecule has 3 nitrogen and oxygen atoms in total. The van der Waals surface area contributed by atoms with E-state index in [1.54, 1.807) is 19.9 Å². The van der Waals surface area contributed by atoms with Gasteiger partial charge < -0.3 is 5.73 Å². The molecule has 0 saturated heterocycles. The van der Waals surface area contributed by atoms with Crippen molar-refractivity contribution in [1.29, 1.82) is 0 Å². The molecule has 0 aliphatic heterocycles. The summed E-state index contributed by atoms with van der Waals surface area (Å²) in [5.74, 6) is -0.872. The third-order valence-electron chi connectivity index (χ3n) is 2.44. The number of halogens is 2. The second-order valence-corrected chi connectivity index (χ2v) is 4.61. The Hall–Kier alpha value is -1.88. The highest BCUT2D eigenvalue weighted by molar-refractivity contribution is 5.59. The van der Waals surface area contributed by atoms with Crippen LogP contribution in [0.2, 0.25) is 0 Å². The van der Waals surface area contributed by atoms with Crippen LogP contribution in [-0.2, 0) is 5.54 Å². The lowest BCUT2D eigenvalue weighted by Gasteiger charge is -2.17. The van der Waals surface area contributed by atoms with Crippen molar-refractivity contribution in [3.05, 3.63) is 47.9 Å². The summed E-state index contributed by atoms with van der Waals surface area (Å²) in [6, 6.07) is 4.92. The molecule has 0 spiro atoms. The third kappa shape index (κ3) is 2.51. The Kier molecular flexibility index (Phi) is 3.09. The molecule has 2 rings (SSSR count). The molecular formula is C13H13F2N3. The second-order valence-electron chi connectivity index (χ2n) is 4.61. The van der Waals surface area contributed by atoms with E-state index in [0.717, 1.165) is 6.07 Å². The van der Waals surface area contributed by atoms with Crippen LogP contribution in [0, 0.1) is 11.6 Å². The number of hydrogen-bond acceptors (Lipinski definition) is 3. The predicted molar refractivity (Wildman–Crippen MR) is 64.6 cm³/mol. The first-order valence-electron chi connectivity index (χ1n) is 5.46. The van der Waals surface area contributed by atoms with E-state index < -0.39 is 17.2 Å². The Morgan fingerprint density at radius 3 is 2.50 bits per heavy atom. The van der Waals surface area contributed by atoms with Gasteiger partial charge in [0.15, 0.2) is 0 Å². The number of nitrogens with two attached hydrogens (primary N) is 1. The quantitative estimate of drug-likeness (QED) is 0.890. The van der Waals surface area contributed by atoms with E-state index in [1.165, 1.54) is 18.3 Å². The molecule has 5 heteroatoms. The molecule has 2 aromatic rings.